The van der Waals surface area contributed by atoms with Gasteiger partial charge in [-0.15, -0.1) is 11.8 Å². The van der Waals surface area contributed by atoms with E-state index in [4.69, 9.17) is 11.6 Å². The quantitative estimate of drug-likeness (QED) is 0.388. The van der Waals surface area contributed by atoms with Crippen LogP contribution in [0.2, 0.25) is 5.02 Å². The summed E-state index contributed by atoms with van der Waals surface area (Å²) < 4.78 is 0. The smallest absolute Gasteiger partial charge is 0.250 e. The number of hydrogen-bond donors (Lipinski definition) is 1. The van der Waals surface area contributed by atoms with Gasteiger partial charge in [-0.25, -0.2) is 5.43 Å². The molecule has 0 bridgehead atoms. The third kappa shape index (κ3) is 5.39. The Bertz CT molecular complexity index is 499. The monoisotopic (exact) mass is 308 g/mol. The van der Waals surface area contributed by atoms with Gasteiger partial charge < -0.3 is 0 Å². The van der Waals surface area contributed by atoms with Gasteiger partial charge in [0.15, 0.2) is 0 Å². The summed E-state index contributed by atoms with van der Waals surface area (Å²) >= 11 is 7.27. The van der Waals surface area contributed by atoms with E-state index in [1.807, 2.05) is 30.5 Å². The lowest BCUT2D eigenvalue weighted by Gasteiger charge is -2.11. The van der Waals surface area contributed by atoms with Crippen molar-refractivity contribution < 1.29 is 4.79 Å². The molecule has 5 heteroatoms. The lowest BCUT2D eigenvalue weighted by atomic mass is 9.96. The predicted molar refractivity (Wildman–Crippen MR) is 85.3 cm³/mol. The summed E-state index contributed by atoms with van der Waals surface area (Å²) in [6, 6.07) is 7.43. The second-order valence-electron chi connectivity index (χ2n) is 4.60. The van der Waals surface area contributed by atoms with E-state index >= 15 is 0 Å². The number of nitrogens with one attached hydrogen (secondary N) is 1. The highest BCUT2D eigenvalue weighted by atomic mass is 35.5. The zero-order valence-corrected chi connectivity index (χ0v) is 12.7. The van der Waals surface area contributed by atoms with E-state index in [1.54, 1.807) is 0 Å². The molecule has 0 spiro atoms. The highest BCUT2D eigenvalue weighted by molar-refractivity contribution is 8.00. The van der Waals surface area contributed by atoms with E-state index in [1.165, 1.54) is 11.8 Å². The van der Waals surface area contributed by atoms with Crippen LogP contribution in [0.3, 0.4) is 0 Å². The molecule has 0 saturated heterocycles. The summed E-state index contributed by atoms with van der Waals surface area (Å²) in [4.78, 5) is 12.7. The molecule has 3 nitrogen and oxygen atoms in total. The third-order valence-electron chi connectivity index (χ3n) is 2.97. The Hall–Kier alpha value is -1.26. The Morgan fingerprint density at radius 3 is 2.90 bits per heavy atom. The maximum Gasteiger partial charge on any atom is 0.250 e. The SMILES string of the molecule is O=C(CSc1ccc(Cl)cc1)NN=CC1CC=CCC1. The van der Waals surface area contributed by atoms with Crippen LogP contribution in [0.4, 0.5) is 0 Å². The van der Waals surface area contributed by atoms with E-state index in [9.17, 15) is 4.79 Å². The largest absolute Gasteiger partial charge is 0.272 e. The number of hydrazone groups is 1. The molecule has 106 valence electrons. The minimum Gasteiger partial charge on any atom is -0.272 e. The maximum atomic E-state index is 11.6. The summed E-state index contributed by atoms with van der Waals surface area (Å²) in [6.07, 6.45) is 9.41. The van der Waals surface area contributed by atoms with Gasteiger partial charge in [0.25, 0.3) is 0 Å². The third-order valence-corrected chi connectivity index (χ3v) is 4.23. The number of thioether (sulfide) groups is 1. The van der Waals surface area contributed by atoms with Crippen LogP contribution in [0.15, 0.2) is 46.4 Å². The number of benzene rings is 1. The van der Waals surface area contributed by atoms with Crippen LogP contribution >= 0.6 is 23.4 Å². The van der Waals surface area contributed by atoms with Crippen molar-refractivity contribution in [2.75, 3.05) is 5.75 Å². The topological polar surface area (TPSA) is 41.5 Å². The van der Waals surface area contributed by atoms with Gasteiger partial charge in [-0.1, -0.05) is 23.8 Å². The number of carbonyl (C=O) groups is 1. The molecule has 0 aliphatic heterocycles. The molecule has 0 radical (unpaired) electrons. The molecule has 1 unspecified atom stereocenters. The van der Waals surface area contributed by atoms with Crippen molar-refractivity contribution in [3.63, 3.8) is 0 Å². The molecule has 0 heterocycles. The summed E-state index contributed by atoms with van der Waals surface area (Å²) in [5, 5.41) is 4.73. The molecule has 0 fully saturated rings. The number of amides is 1. The van der Waals surface area contributed by atoms with Gasteiger partial charge in [-0.2, -0.15) is 5.10 Å². The van der Waals surface area contributed by atoms with Crippen molar-refractivity contribution in [3.05, 3.63) is 41.4 Å². The zero-order chi connectivity index (χ0) is 14.2. The van der Waals surface area contributed by atoms with Crippen LogP contribution in [-0.2, 0) is 4.79 Å². The van der Waals surface area contributed by atoms with Crippen molar-refractivity contribution in [2.45, 2.75) is 24.2 Å². The van der Waals surface area contributed by atoms with Gasteiger partial charge in [-0.3, -0.25) is 4.79 Å². The van der Waals surface area contributed by atoms with Crippen LogP contribution in [0.25, 0.3) is 0 Å². The lowest BCUT2D eigenvalue weighted by molar-refractivity contribution is -0.118. The molecule has 1 aliphatic rings. The molecule has 1 atom stereocenters. The molecule has 0 saturated carbocycles. The Morgan fingerprint density at radius 2 is 2.20 bits per heavy atom. The zero-order valence-electron chi connectivity index (χ0n) is 11.1. The van der Waals surface area contributed by atoms with Gasteiger partial charge in [0.1, 0.15) is 0 Å². The number of nitrogens with zero attached hydrogens (tertiary/aromatic N) is 1. The second-order valence-corrected chi connectivity index (χ2v) is 6.09. The fourth-order valence-corrected chi connectivity index (χ4v) is 2.70. The lowest BCUT2D eigenvalue weighted by Crippen LogP contribution is -2.20. The number of halogens is 1. The first-order chi connectivity index (χ1) is 9.74. The molecule has 1 N–H and O–H groups in total. The van der Waals surface area contributed by atoms with Gasteiger partial charge in [0, 0.05) is 16.1 Å². The van der Waals surface area contributed by atoms with Gasteiger partial charge in [0.2, 0.25) is 5.91 Å². The van der Waals surface area contributed by atoms with E-state index < -0.39 is 0 Å². The Kier molecular flexibility index (Phi) is 6.15. The number of carbonyl (C=O) groups excluding carboxylic acids is 1. The van der Waals surface area contributed by atoms with Crippen LogP contribution in [0.5, 0.6) is 0 Å². The molecule has 1 aromatic carbocycles. The first-order valence-corrected chi connectivity index (χ1v) is 7.96. The molecule has 1 amide bonds. The van der Waals surface area contributed by atoms with Crippen LogP contribution in [0, 0.1) is 5.92 Å². The van der Waals surface area contributed by atoms with Gasteiger partial charge in [-0.05, 0) is 49.4 Å². The summed E-state index contributed by atoms with van der Waals surface area (Å²) in [5.41, 5.74) is 2.57. The highest BCUT2D eigenvalue weighted by Crippen LogP contribution is 2.20. The Labute approximate surface area is 128 Å². The van der Waals surface area contributed by atoms with E-state index in [2.05, 4.69) is 22.7 Å². The average Bonchev–Trinajstić information content (AvgIpc) is 2.48. The normalized spacial score (nSPS) is 18.4. The van der Waals surface area contributed by atoms with Crippen molar-refractivity contribution in [2.24, 2.45) is 11.0 Å². The molecular weight excluding hydrogens is 292 g/mol. The molecule has 0 aromatic heterocycles. The van der Waals surface area contributed by atoms with Crippen LogP contribution in [0.1, 0.15) is 19.3 Å². The van der Waals surface area contributed by atoms with Gasteiger partial charge in [0.05, 0.1) is 5.75 Å². The van der Waals surface area contributed by atoms with Crippen molar-refractivity contribution in [3.8, 4) is 0 Å². The van der Waals surface area contributed by atoms with Gasteiger partial charge >= 0.3 is 0 Å². The van der Waals surface area contributed by atoms with E-state index in [-0.39, 0.29) is 5.91 Å². The molecule has 2 rings (SSSR count). The Morgan fingerprint density at radius 1 is 1.40 bits per heavy atom. The minimum atomic E-state index is -0.0902. The maximum absolute atomic E-state index is 11.6. The highest BCUT2D eigenvalue weighted by Gasteiger charge is 2.07. The average molecular weight is 309 g/mol. The first kappa shape index (κ1) is 15.1. The fraction of sp³-hybridized carbons (Fsp3) is 0.333. The molecule has 1 aromatic rings. The van der Waals surface area contributed by atoms with Crippen molar-refractivity contribution in [1.29, 1.82) is 0 Å². The van der Waals surface area contributed by atoms with Crippen molar-refractivity contribution >= 4 is 35.5 Å². The van der Waals surface area contributed by atoms with Crippen molar-refractivity contribution in [1.82, 2.24) is 5.43 Å². The predicted octanol–water partition coefficient (Wildman–Crippen LogP) is 3.89. The number of rotatable bonds is 5. The fourth-order valence-electron chi connectivity index (χ4n) is 1.88. The standard InChI is InChI=1S/C15H17ClN2OS/c16-13-6-8-14(9-7-13)20-11-15(19)18-17-10-12-4-2-1-3-5-12/h1-2,6-10,12H,3-5,11H2,(H,18,19). The van der Waals surface area contributed by atoms with E-state index in [0.717, 1.165) is 24.2 Å². The summed E-state index contributed by atoms with van der Waals surface area (Å²) in [5.74, 6) is 0.709. The minimum absolute atomic E-state index is 0.0902. The molecular formula is C15H17ClN2OS. The van der Waals surface area contributed by atoms with Crippen LogP contribution < -0.4 is 5.43 Å². The molecule has 1 aliphatic carbocycles. The Balaban J connectivity index is 1.68. The number of allylic oxidation sites excluding steroid dienone is 2. The summed E-state index contributed by atoms with van der Waals surface area (Å²) in [7, 11) is 0. The van der Waals surface area contributed by atoms with Crippen LogP contribution in [-0.4, -0.2) is 17.9 Å². The molecule has 20 heavy (non-hydrogen) atoms. The van der Waals surface area contributed by atoms with E-state index in [0.29, 0.717) is 16.7 Å². The number of hydrogen-bond acceptors (Lipinski definition) is 3. The first-order valence-electron chi connectivity index (χ1n) is 6.59. The second kappa shape index (κ2) is 8.12. The summed E-state index contributed by atoms with van der Waals surface area (Å²) in [6.45, 7) is 0.